The Morgan fingerprint density at radius 3 is 2.78 bits per heavy atom. The summed E-state index contributed by atoms with van der Waals surface area (Å²) in [5.41, 5.74) is 0.678. The Balaban J connectivity index is 2.35. The molecule has 1 unspecified atom stereocenters. The number of rotatable bonds is 3. The molecule has 1 aliphatic heterocycles. The topological polar surface area (TPSA) is 37.4 Å². The second-order valence-electron chi connectivity index (χ2n) is 4.85. The summed E-state index contributed by atoms with van der Waals surface area (Å²) < 4.78 is 26.7. The minimum Gasteiger partial charge on any atom is -0.207 e. The van der Waals surface area contributed by atoms with Crippen LogP contribution in [0.3, 0.4) is 0 Å². The highest BCUT2D eigenvalue weighted by Crippen LogP contribution is 2.26. The lowest BCUT2D eigenvalue weighted by atomic mass is 10.0. The van der Waals surface area contributed by atoms with Crippen LogP contribution < -0.4 is 0 Å². The largest absolute Gasteiger partial charge is 0.243 e. The third-order valence-corrected chi connectivity index (χ3v) is 5.61. The van der Waals surface area contributed by atoms with Gasteiger partial charge in [-0.25, -0.2) is 8.42 Å². The van der Waals surface area contributed by atoms with Crippen molar-refractivity contribution in [3.63, 3.8) is 0 Å². The van der Waals surface area contributed by atoms with Crippen LogP contribution in [0.2, 0.25) is 0 Å². The first-order chi connectivity index (χ1) is 8.55. The molecule has 100 valence electrons. The molecule has 0 aromatic heterocycles. The zero-order valence-electron chi connectivity index (χ0n) is 10.5. The Morgan fingerprint density at radius 2 is 2.11 bits per heavy atom. The molecule has 1 heterocycles. The number of sulfonamides is 1. The Labute approximate surface area is 114 Å². The van der Waals surface area contributed by atoms with Gasteiger partial charge in [0.1, 0.15) is 0 Å². The third kappa shape index (κ3) is 2.71. The van der Waals surface area contributed by atoms with Crippen LogP contribution in [0.25, 0.3) is 0 Å². The molecule has 18 heavy (non-hydrogen) atoms. The quantitative estimate of drug-likeness (QED) is 0.802. The molecule has 2 rings (SSSR count). The summed E-state index contributed by atoms with van der Waals surface area (Å²) in [5.74, 6) is 0.649. The predicted molar refractivity (Wildman–Crippen MR) is 73.2 cm³/mol. The summed E-state index contributed by atoms with van der Waals surface area (Å²) in [6.45, 7) is 3.32. The minimum absolute atomic E-state index is 0.221. The molecule has 1 aromatic rings. The van der Waals surface area contributed by atoms with Crippen molar-refractivity contribution in [2.75, 3.05) is 13.1 Å². The number of hydrogen-bond acceptors (Lipinski definition) is 2. The van der Waals surface area contributed by atoms with Crippen LogP contribution in [0.4, 0.5) is 0 Å². The monoisotopic (exact) mass is 287 g/mol. The normalized spacial score (nSPS) is 22.0. The van der Waals surface area contributed by atoms with Crippen LogP contribution in [0.15, 0.2) is 29.2 Å². The molecule has 5 heteroatoms. The molecule has 0 spiro atoms. The standard InChI is InChI=1S/C13H18ClNO2S/c1-11-5-4-8-15(10-11)18(16,17)13-7-3-2-6-12(13)9-14/h2-3,6-7,11H,4-5,8-10H2,1H3. The molecule has 1 fully saturated rings. The van der Waals surface area contributed by atoms with Gasteiger partial charge in [0.15, 0.2) is 0 Å². The summed E-state index contributed by atoms with van der Waals surface area (Å²) in [4.78, 5) is 0.356. The van der Waals surface area contributed by atoms with Gasteiger partial charge in [0.05, 0.1) is 4.90 Å². The Hall–Kier alpha value is -0.580. The van der Waals surface area contributed by atoms with E-state index in [1.165, 1.54) is 0 Å². The first-order valence-electron chi connectivity index (χ1n) is 6.19. The molecule has 3 nitrogen and oxygen atoms in total. The van der Waals surface area contributed by atoms with E-state index in [0.717, 1.165) is 12.8 Å². The van der Waals surface area contributed by atoms with E-state index < -0.39 is 10.0 Å². The zero-order chi connectivity index (χ0) is 13.2. The fourth-order valence-corrected chi connectivity index (χ4v) is 4.50. The highest BCUT2D eigenvalue weighted by atomic mass is 35.5. The fraction of sp³-hybridized carbons (Fsp3) is 0.538. The van der Waals surface area contributed by atoms with Crippen LogP contribution >= 0.6 is 11.6 Å². The number of alkyl halides is 1. The number of piperidine rings is 1. The van der Waals surface area contributed by atoms with E-state index in [1.54, 1.807) is 22.5 Å². The molecule has 0 amide bonds. The van der Waals surface area contributed by atoms with Crippen LogP contribution in [-0.2, 0) is 15.9 Å². The third-order valence-electron chi connectivity index (χ3n) is 3.35. The van der Waals surface area contributed by atoms with Gasteiger partial charge in [0.2, 0.25) is 10.0 Å². The van der Waals surface area contributed by atoms with Crippen molar-refractivity contribution in [3.05, 3.63) is 29.8 Å². The molecule has 1 aliphatic rings. The molecular weight excluding hydrogens is 270 g/mol. The molecule has 1 saturated heterocycles. The van der Waals surface area contributed by atoms with Crippen LogP contribution in [0.1, 0.15) is 25.3 Å². The second-order valence-corrected chi connectivity index (χ2v) is 7.03. The van der Waals surface area contributed by atoms with Gasteiger partial charge < -0.3 is 0 Å². The fourth-order valence-electron chi connectivity index (χ4n) is 2.37. The molecule has 0 aliphatic carbocycles. The van der Waals surface area contributed by atoms with E-state index in [9.17, 15) is 8.42 Å². The summed E-state index contributed by atoms with van der Waals surface area (Å²) in [5, 5.41) is 0. The van der Waals surface area contributed by atoms with Gasteiger partial charge in [0.25, 0.3) is 0 Å². The number of halogens is 1. The summed E-state index contributed by atoms with van der Waals surface area (Å²) in [6.07, 6.45) is 2.03. The molecular formula is C13H18ClNO2S. The Morgan fingerprint density at radius 1 is 1.39 bits per heavy atom. The van der Waals surface area contributed by atoms with Crippen LogP contribution in [-0.4, -0.2) is 25.8 Å². The van der Waals surface area contributed by atoms with Gasteiger partial charge in [-0.3, -0.25) is 0 Å². The van der Waals surface area contributed by atoms with E-state index in [-0.39, 0.29) is 5.88 Å². The lowest BCUT2D eigenvalue weighted by Crippen LogP contribution is -2.39. The van der Waals surface area contributed by atoms with E-state index in [1.807, 2.05) is 6.07 Å². The number of nitrogens with zero attached hydrogens (tertiary/aromatic N) is 1. The first-order valence-corrected chi connectivity index (χ1v) is 8.17. The van der Waals surface area contributed by atoms with E-state index in [0.29, 0.717) is 29.5 Å². The number of hydrogen-bond donors (Lipinski definition) is 0. The van der Waals surface area contributed by atoms with Crippen molar-refractivity contribution < 1.29 is 8.42 Å². The van der Waals surface area contributed by atoms with Gasteiger partial charge in [-0.15, -0.1) is 11.6 Å². The maximum absolute atomic E-state index is 12.6. The maximum atomic E-state index is 12.6. The second kappa shape index (κ2) is 5.59. The average Bonchev–Trinajstić information content (AvgIpc) is 2.38. The Bertz CT molecular complexity index is 515. The van der Waals surface area contributed by atoms with Crippen molar-refractivity contribution in [2.24, 2.45) is 5.92 Å². The smallest absolute Gasteiger partial charge is 0.207 e. The van der Waals surface area contributed by atoms with Gasteiger partial charge in [-0.2, -0.15) is 4.31 Å². The molecule has 0 radical (unpaired) electrons. The minimum atomic E-state index is -3.39. The van der Waals surface area contributed by atoms with E-state index in [2.05, 4.69) is 6.92 Å². The lowest BCUT2D eigenvalue weighted by molar-refractivity contribution is 0.281. The molecule has 1 aromatic carbocycles. The van der Waals surface area contributed by atoms with Crippen molar-refractivity contribution >= 4 is 21.6 Å². The van der Waals surface area contributed by atoms with Gasteiger partial charge in [-0.05, 0) is 30.4 Å². The molecule has 0 N–H and O–H groups in total. The molecule has 1 atom stereocenters. The summed E-state index contributed by atoms with van der Waals surface area (Å²) in [6, 6.07) is 6.98. The lowest BCUT2D eigenvalue weighted by Gasteiger charge is -2.30. The Kier molecular flexibility index (Phi) is 4.30. The van der Waals surface area contributed by atoms with Crippen LogP contribution in [0, 0.1) is 5.92 Å². The number of benzene rings is 1. The zero-order valence-corrected chi connectivity index (χ0v) is 12.0. The SMILES string of the molecule is CC1CCCN(S(=O)(=O)c2ccccc2CCl)C1. The van der Waals surface area contributed by atoms with Crippen LogP contribution in [0.5, 0.6) is 0 Å². The average molecular weight is 288 g/mol. The molecule has 0 bridgehead atoms. The van der Waals surface area contributed by atoms with Crippen molar-refractivity contribution in [2.45, 2.75) is 30.5 Å². The highest BCUT2D eigenvalue weighted by molar-refractivity contribution is 7.89. The highest BCUT2D eigenvalue weighted by Gasteiger charge is 2.29. The summed E-state index contributed by atoms with van der Waals surface area (Å²) >= 11 is 5.82. The predicted octanol–water partition coefficient (Wildman–Crippen LogP) is 2.85. The maximum Gasteiger partial charge on any atom is 0.243 e. The van der Waals surface area contributed by atoms with E-state index >= 15 is 0 Å². The first kappa shape index (κ1) is 13.8. The van der Waals surface area contributed by atoms with Gasteiger partial charge >= 0.3 is 0 Å². The van der Waals surface area contributed by atoms with Gasteiger partial charge in [-0.1, -0.05) is 25.1 Å². The summed E-state index contributed by atoms with van der Waals surface area (Å²) in [7, 11) is -3.39. The van der Waals surface area contributed by atoms with Crippen molar-refractivity contribution in [1.82, 2.24) is 4.31 Å². The van der Waals surface area contributed by atoms with Crippen molar-refractivity contribution in [1.29, 1.82) is 0 Å². The van der Waals surface area contributed by atoms with Gasteiger partial charge in [0, 0.05) is 19.0 Å². The van der Waals surface area contributed by atoms with Crippen molar-refractivity contribution in [3.8, 4) is 0 Å². The van der Waals surface area contributed by atoms with E-state index in [4.69, 9.17) is 11.6 Å². The molecule has 0 saturated carbocycles.